The van der Waals surface area contributed by atoms with E-state index < -0.39 is 31.2 Å². The summed E-state index contributed by atoms with van der Waals surface area (Å²) in [7, 11) is 0. The van der Waals surface area contributed by atoms with Crippen molar-refractivity contribution in [1.82, 2.24) is 5.32 Å². The monoisotopic (exact) mass is 247 g/mol. The van der Waals surface area contributed by atoms with Gasteiger partial charge in [-0.15, -0.1) is 0 Å². The Labute approximate surface area is 96.3 Å². The van der Waals surface area contributed by atoms with E-state index in [-0.39, 0.29) is 0 Å². The van der Waals surface area contributed by atoms with Crippen LogP contribution in [0.4, 0.5) is 13.2 Å². The summed E-state index contributed by atoms with van der Waals surface area (Å²) in [5, 5.41) is 11.2. The first-order valence-corrected chi connectivity index (χ1v) is 4.94. The summed E-state index contributed by atoms with van der Waals surface area (Å²) in [6.45, 7) is -0.451. The second kappa shape index (κ2) is 5.67. The molecule has 0 bridgehead atoms. The molecule has 0 saturated carbocycles. The van der Waals surface area contributed by atoms with E-state index in [1.807, 2.05) is 0 Å². The molecule has 0 radical (unpaired) electrons. The number of hydrogen-bond donors (Lipinski definition) is 2. The minimum Gasteiger partial charge on any atom is -0.394 e. The lowest BCUT2D eigenvalue weighted by Crippen LogP contribution is -2.33. The molecule has 1 rings (SSSR count). The first kappa shape index (κ1) is 13.5. The molecule has 1 amide bonds. The molecular formula is C11H12F3NO2. The molecule has 6 heteroatoms. The molecule has 0 aromatic heterocycles. The van der Waals surface area contributed by atoms with Gasteiger partial charge < -0.3 is 10.4 Å². The van der Waals surface area contributed by atoms with E-state index in [4.69, 9.17) is 5.11 Å². The minimum atomic E-state index is -4.54. The van der Waals surface area contributed by atoms with Crippen molar-refractivity contribution in [3.8, 4) is 0 Å². The van der Waals surface area contributed by atoms with Gasteiger partial charge in [0.15, 0.2) is 0 Å². The third-order valence-electron chi connectivity index (χ3n) is 2.08. The van der Waals surface area contributed by atoms with E-state index >= 15 is 0 Å². The van der Waals surface area contributed by atoms with Gasteiger partial charge in [-0.2, -0.15) is 13.2 Å². The van der Waals surface area contributed by atoms with Gasteiger partial charge in [0.05, 0.1) is 12.6 Å². The Bertz CT molecular complexity index is 365. The molecule has 0 spiro atoms. The predicted octanol–water partition coefficient (Wildman–Crippen LogP) is 1.79. The molecule has 1 unspecified atom stereocenters. The standard InChI is InChI=1S/C11H12F3NO2/c12-11(13,14)6-10(17)15-9(7-16)8-4-2-1-3-5-8/h1-5,9,16H,6-7H2,(H,15,17). The number of carbonyl (C=O) groups is 1. The van der Waals surface area contributed by atoms with Gasteiger partial charge in [0.2, 0.25) is 5.91 Å². The van der Waals surface area contributed by atoms with Crippen LogP contribution < -0.4 is 5.32 Å². The summed E-state index contributed by atoms with van der Waals surface area (Å²) in [6.07, 6.45) is -6.09. The highest BCUT2D eigenvalue weighted by molar-refractivity contribution is 5.77. The highest BCUT2D eigenvalue weighted by Gasteiger charge is 2.31. The smallest absolute Gasteiger partial charge is 0.394 e. The number of alkyl halides is 3. The van der Waals surface area contributed by atoms with Crippen LogP contribution in [0.15, 0.2) is 30.3 Å². The summed E-state index contributed by atoms with van der Waals surface area (Å²) in [4.78, 5) is 11.1. The predicted molar refractivity (Wildman–Crippen MR) is 55.1 cm³/mol. The number of carbonyl (C=O) groups excluding carboxylic acids is 1. The first-order chi connectivity index (χ1) is 7.92. The van der Waals surface area contributed by atoms with E-state index in [1.165, 1.54) is 0 Å². The van der Waals surface area contributed by atoms with Crippen molar-refractivity contribution < 1.29 is 23.1 Å². The molecule has 0 aliphatic carbocycles. The van der Waals surface area contributed by atoms with Crippen molar-refractivity contribution >= 4 is 5.91 Å². The molecule has 1 atom stereocenters. The Balaban J connectivity index is 2.62. The Morgan fingerprint density at radius 2 is 1.88 bits per heavy atom. The largest absolute Gasteiger partial charge is 0.397 e. The van der Waals surface area contributed by atoms with Crippen LogP contribution in [0.25, 0.3) is 0 Å². The van der Waals surface area contributed by atoms with Gasteiger partial charge in [-0.3, -0.25) is 4.79 Å². The van der Waals surface area contributed by atoms with Crippen molar-refractivity contribution in [2.75, 3.05) is 6.61 Å². The average molecular weight is 247 g/mol. The zero-order valence-corrected chi connectivity index (χ0v) is 8.87. The number of aliphatic hydroxyl groups excluding tert-OH is 1. The third kappa shape index (κ3) is 4.86. The lowest BCUT2D eigenvalue weighted by atomic mass is 10.1. The maximum atomic E-state index is 11.9. The Morgan fingerprint density at radius 1 is 1.29 bits per heavy atom. The Hall–Kier alpha value is -1.56. The van der Waals surface area contributed by atoms with Crippen LogP contribution in [0.1, 0.15) is 18.0 Å². The van der Waals surface area contributed by atoms with Gasteiger partial charge in [0.1, 0.15) is 6.42 Å². The lowest BCUT2D eigenvalue weighted by Gasteiger charge is -2.17. The number of halogens is 3. The SMILES string of the molecule is O=C(CC(F)(F)F)NC(CO)c1ccccc1. The fourth-order valence-electron chi connectivity index (χ4n) is 1.35. The fraction of sp³-hybridized carbons (Fsp3) is 0.364. The summed E-state index contributed by atoms with van der Waals surface area (Å²) < 4.78 is 35.8. The molecule has 1 aromatic rings. The lowest BCUT2D eigenvalue weighted by molar-refractivity contribution is -0.154. The third-order valence-corrected chi connectivity index (χ3v) is 2.08. The van der Waals surface area contributed by atoms with Crippen LogP contribution >= 0.6 is 0 Å². The quantitative estimate of drug-likeness (QED) is 0.852. The summed E-state index contributed by atoms with van der Waals surface area (Å²) in [5.74, 6) is -1.15. The first-order valence-electron chi connectivity index (χ1n) is 4.94. The van der Waals surface area contributed by atoms with Crippen molar-refractivity contribution in [3.63, 3.8) is 0 Å². The topological polar surface area (TPSA) is 49.3 Å². The van der Waals surface area contributed by atoms with Gasteiger partial charge >= 0.3 is 6.18 Å². The Kier molecular flexibility index (Phi) is 4.51. The number of amides is 1. The molecule has 3 nitrogen and oxygen atoms in total. The van der Waals surface area contributed by atoms with Gasteiger partial charge in [0.25, 0.3) is 0 Å². The molecule has 0 heterocycles. The second-order valence-corrected chi connectivity index (χ2v) is 3.51. The number of nitrogens with one attached hydrogen (secondary N) is 1. The summed E-state index contributed by atoms with van der Waals surface area (Å²) in [6, 6.07) is 7.51. The molecule has 1 aromatic carbocycles. The number of aliphatic hydroxyl groups is 1. The zero-order valence-electron chi connectivity index (χ0n) is 8.87. The fourth-order valence-corrected chi connectivity index (χ4v) is 1.35. The van der Waals surface area contributed by atoms with Crippen molar-refractivity contribution in [1.29, 1.82) is 0 Å². The van der Waals surface area contributed by atoms with Crippen molar-refractivity contribution in [3.05, 3.63) is 35.9 Å². The van der Waals surface area contributed by atoms with Crippen LogP contribution in [0.5, 0.6) is 0 Å². The van der Waals surface area contributed by atoms with E-state index in [9.17, 15) is 18.0 Å². The Morgan fingerprint density at radius 3 is 2.35 bits per heavy atom. The summed E-state index contributed by atoms with van der Waals surface area (Å²) in [5.41, 5.74) is 0.561. The zero-order chi connectivity index (χ0) is 12.9. The highest BCUT2D eigenvalue weighted by Crippen LogP contribution is 2.20. The molecular weight excluding hydrogens is 235 g/mol. The maximum Gasteiger partial charge on any atom is 0.397 e. The number of benzene rings is 1. The van der Waals surface area contributed by atoms with Crippen molar-refractivity contribution in [2.45, 2.75) is 18.6 Å². The molecule has 94 valence electrons. The molecule has 0 fully saturated rings. The number of rotatable bonds is 4. The van der Waals surface area contributed by atoms with Crippen LogP contribution in [-0.2, 0) is 4.79 Å². The van der Waals surface area contributed by atoms with E-state index in [0.29, 0.717) is 5.56 Å². The second-order valence-electron chi connectivity index (χ2n) is 3.51. The van der Waals surface area contributed by atoms with Gasteiger partial charge in [-0.25, -0.2) is 0 Å². The number of hydrogen-bond acceptors (Lipinski definition) is 2. The van der Waals surface area contributed by atoms with E-state index in [1.54, 1.807) is 30.3 Å². The van der Waals surface area contributed by atoms with Crippen LogP contribution in [-0.4, -0.2) is 23.8 Å². The molecule has 0 aliphatic rings. The van der Waals surface area contributed by atoms with Crippen molar-refractivity contribution in [2.24, 2.45) is 0 Å². The molecule has 2 N–H and O–H groups in total. The summed E-state index contributed by atoms with van der Waals surface area (Å²) >= 11 is 0. The average Bonchev–Trinajstić information content (AvgIpc) is 2.24. The van der Waals surface area contributed by atoms with Crippen LogP contribution in [0.3, 0.4) is 0 Å². The van der Waals surface area contributed by atoms with Gasteiger partial charge in [0, 0.05) is 0 Å². The maximum absolute atomic E-state index is 11.9. The minimum absolute atomic E-state index is 0.451. The van der Waals surface area contributed by atoms with Crippen LogP contribution in [0, 0.1) is 0 Å². The molecule has 0 aliphatic heterocycles. The van der Waals surface area contributed by atoms with E-state index in [0.717, 1.165) is 0 Å². The van der Waals surface area contributed by atoms with Crippen LogP contribution in [0.2, 0.25) is 0 Å². The molecule has 17 heavy (non-hydrogen) atoms. The van der Waals surface area contributed by atoms with Gasteiger partial charge in [-0.1, -0.05) is 30.3 Å². The van der Waals surface area contributed by atoms with Gasteiger partial charge in [-0.05, 0) is 5.56 Å². The highest BCUT2D eigenvalue weighted by atomic mass is 19.4. The normalized spacial score (nSPS) is 13.2. The molecule has 0 saturated heterocycles. The van der Waals surface area contributed by atoms with E-state index in [2.05, 4.69) is 5.32 Å².